The van der Waals surface area contributed by atoms with Crippen molar-refractivity contribution in [1.29, 1.82) is 0 Å². The Balaban J connectivity index is 1.99. The molecule has 0 aliphatic heterocycles. The average Bonchev–Trinajstić information content (AvgIpc) is 2.69. The van der Waals surface area contributed by atoms with E-state index >= 15 is 0 Å². The minimum Gasteiger partial charge on any atom is -0.375 e. The molecular weight excluding hydrogens is 226 g/mol. The van der Waals surface area contributed by atoms with Gasteiger partial charge in [0.2, 0.25) is 0 Å². The molecule has 1 heterocycles. The second kappa shape index (κ2) is 5.41. The zero-order valence-electron chi connectivity index (χ0n) is 12.0. The second-order valence-electron chi connectivity index (χ2n) is 5.69. The minimum atomic E-state index is -0.103. The first-order valence-corrected chi connectivity index (χ1v) is 6.91. The van der Waals surface area contributed by atoms with Crippen molar-refractivity contribution in [1.82, 2.24) is 15.1 Å². The van der Waals surface area contributed by atoms with Gasteiger partial charge in [-0.2, -0.15) is 5.10 Å². The maximum absolute atomic E-state index is 5.73. The predicted octanol–water partition coefficient (Wildman–Crippen LogP) is 2.20. The van der Waals surface area contributed by atoms with Crippen LogP contribution in [-0.4, -0.2) is 28.5 Å². The number of hydrogen-bond acceptors (Lipinski definition) is 3. The van der Waals surface area contributed by atoms with Crippen LogP contribution in [0.25, 0.3) is 0 Å². The molecule has 0 saturated heterocycles. The van der Waals surface area contributed by atoms with Gasteiger partial charge in [0.05, 0.1) is 11.8 Å². The van der Waals surface area contributed by atoms with Crippen LogP contribution in [0, 0.1) is 0 Å². The van der Waals surface area contributed by atoms with E-state index in [1.54, 1.807) is 0 Å². The van der Waals surface area contributed by atoms with Gasteiger partial charge in [-0.25, -0.2) is 0 Å². The molecule has 0 aromatic carbocycles. The van der Waals surface area contributed by atoms with E-state index < -0.39 is 0 Å². The van der Waals surface area contributed by atoms with Crippen LogP contribution >= 0.6 is 0 Å². The van der Waals surface area contributed by atoms with E-state index in [9.17, 15) is 0 Å². The number of fused-ring (bicyclic) bond motifs is 1. The van der Waals surface area contributed by atoms with E-state index in [0.717, 1.165) is 19.6 Å². The zero-order valence-corrected chi connectivity index (χ0v) is 12.0. The zero-order chi connectivity index (χ0) is 13.2. The molecule has 102 valence electrons. The lowest BCUT2D eigenvalue weighted by atomic mass is 9.92. The lowest BCUT2D eigenvalue weighted by Crippen LogP contribution is -2.40. The summed E-state index contributed by atoms with van der Waals surface area (Å²) >= 11 is 0. The van der Waals surface area contributed by atoms with Crippen LogP contribution in [0.1, 0.15) is 50.9 Å². The second-order valence-corrected chi connectivity index (χ2v) is 5.69. The Bertz CT molecular complexity index is 398. The minimum absolute atomic E-state index is 0.103. The maximum atomic E-state index is 5.73. The summed E-state index contributed by atoms with van der Waals surface area (Å²) in [6.45, 7) is 7.95. The quantitative estimate of drug-likeness (QED) is 0.872. The first-order valence-electron chi connectivity index (χ1n) is 6.91. The summed E-state index contributed by atoms with van der Waals surface area (Å²) in [5.41, 5.74) is 2.65. The van der Waals surface area contributed by atoms with Gasteiger partial charge in [-0.3, -0.25) is 4.68 Å². The van der Waals surface area contributed by atoms with Crippen molar-refractivity contribution in [2.24, 2.45) is 7.05 Å². The van der Waals surface area contributed by atoms with Crippen molar-refractivity contribution in [2.45, 2.75) is 51.7 Å². The Morgan fingerprint density at radius 2 is 2.33 bits per heavy atom. The summed E-state index contributed by atoms with van der Waals surface area (Å²) in [4.78, 5) is 0. The molecule has 4 heteroatoms. The van der Waals surface area contributed by atoms with Crippen LogP contribution in [0.3, 0.4) is 0 Å². The van der Waals surface area contributed by atoms with Crippen molar-refractivity contribution in [2.75, 3.05) is 13.2 Å². The summed E-state index contributed by atoms with van der Waals surface area (Å²) in [6, 6.07) is 0.433. The van der Waals surface area contributed by atoms with Gasteiger partial charge in [0.15, 0.2) is 0 Å². The number of nitrogens with zero attached hydrogens (tertiary/aromatic N) is 2. The van der Waals surface area contributed by atoms with Gasteiger partial charge in [0, 0.05) is 37.5 Å². The van der Waals surface area contributed by atoms with Crippen molar-refractivity contribution < 1.29 is 4.74 Å². The Morgan fingerprint density at radius 3 is 3.06 bits per heavy atom. The molecule has 4 nitrogen and oxygen atoms in total. The third-order valence-corrected chi connectivity index (χ3v) is 3.68. The van der Waals surface area contributed by atoms with Gasteiger partial charge in [0.25, 0.3) is 0 Å². The van der Waals surface area contributed by atoms with Gasteiger partial charge in [-0.1, -0.05) is 0 Å². The summed E-state index contributed by atoms with van der Waals surface area (Å²) in [7, 11) is 2.03. The Hall–Kier alpha value is -0.870. The van der Waals surface area contributed by atoms with Gasteiger partial charge in [-0.15, -0.1) is 0 Å². The van der Waals surface area contributed by atoms with Gasteiger partial charge in [0.1, 0.15) is 0 Å². The maximum Gasteiger partial charge on any atom is 0.0750 e. The average molecular weight is 251 g/mol. The van der Waals surface area contributed by atoms with E-state index in [2.05, 4.69) is 24.3 Å². The van der Waals surface area contributed by atoms with Gasteiger partial charge >= 0.3 is 0 Å². The highest BCUT2D eigenvalue weighted by atomic mass is 16.5. The first-order chi connectivity index (χ1) is 8.53. The number of hydrogen-bond donors (Lipinski definition) is 1. The third-order valence-electron chi connectivity index (χ3n) is 3.68. The highest BCUT2D eigenvalue weighted by Crippen LogP contribution is 2.29. The SMILES string of the molecule is CCOC(C)(C)CNC1CCCc2c1cnn2C. The summed E-state index contributed by atoms with van der Waals surface area (Å²) < 4.78 is 7.74. The number of rotatable bonds is 5. The summed E-state index contributed by atoms with van der Waals surface area (Å²) in [5.74, 6) is 0. The molecule has 1 atom stereocenters. The van der Waals surface area contributed by atoms with Crippen LogP contribution in [0.2, 0.25) is 0 Å². The lowest BCUT2D eigenvalue weighted by Gasteiger charge is -2.30. The Labute approximate surface area is 110 Å². The number of ether oxygens (including phenoxy) is 1. The number of nitrogens with one attached hydrogen (secondary N) is 1. The summed E-state index contributed by atoms with van der Waals surface area (Å²) in [5, 5.41) is 8.01. The van der Waals surface area contributed by atoms with E-state index in [4.69, 9.17) is 4.74 Å². The predicted molar refractivity (Wildman–Crippen MR) is 72.6 cm³/mol. The number of aryl methyl sites for hydroxylation is 1. The van der Waals surface area contributed by atoms with Crippen LogP contribution in [-0.2, 0) is 18.2 Å². The summed E-state index contributed by atoms with van der Waals surface area (Å²) in [6.07, 6.45) is 5.60. The Morgan fingerprint density at radius 1 is 1.56 bits per heavy atom. The molecule has 0 bridgehead atoms. The van der Waals surface area contributed by atoms with Crippen LogP contribution < -0.4 is 5.32 Å². The van der Waals surface area contributed by atoms with Crippen molar-refractivity contribution >= 4 is 0 Å². The molecule has 0 fully saturated rings. The first kappa shape index (κ1) is 13.6. The van der Waals surface area contributed by atoms with E-state index in [1.165, 1.54) is 24.1 Å². The molecule has 1 aliphatic carbocycles. The topological polar surface area (TPSA) is 39.1 Å². The number of aromatic nitrogens is 2. The van der Waals surface area contributed by atoms with E-state index in [0.29, 0.717) is 6.04 Å². The monoisotopic (exact) mass is 251 g/mol. The molecular formula is C14H25N3O. The fourth-order valence-electron chi connectivity index (χ4n) is 2.73. The normalized spacial score (nSPS) is 19.9. The highest BCUT2D eigenvalue weighted by molar-refractivity contribution is 5.24. The van der Waals surface area contributed by atoms with Crippen molar-refractivity contribution in [3.63, 3.8) is 0 Å². The molecule has 18 heavy (non-hydrogen) atoms. The molecule has 0 saturated carbocycles. The lowest BCUT2D eigenvalue weighted by molar-refractivity contribution is -0.0110. The molecule has 1 aliphatic rings. The van der Waals surface area contributed by atoms with Crippen LogP contribution in [0.5, 0.6) is 0 Å². The molecule has 0 radical (unpaired) electrons. The van der Waals surface area contributed by atoms with E-state index in [-0.39, 0.29) is 5.60 Å². The van der Waals surface area contributed by atoms with Crippen LogP contribution in [0.15, 0.2) is 6.20 Å². The molecule has 2 rings (SSSR count). The van der Waals surface area contributed by atoms with Crippen LogP contribution in [0.4, 0.5) is 0 Å². The fraction of sp³-hybridized carbons (Fsp3) is 0.786. The van der Waals surface area contributed by atoms with Gasteiger partial charge < -0.3 is 10.1 Å². The molecule has 1 aromatic rings. The van der Waals surface area contributed by atoms with Crippen molar-refractivity contribution in [3.05, 3.63) is 17.5 Å². The standard InChI is InChI=1S/C14H25N3O/c1-5-18-14(2,3)10-15-12-7-6-8-13-11(12)9-16-17(13)4/h9,12,15H,5-8,10H2,1-4H3. The highest BCUT2D eigenvalue weighted by Gasteiger charge is 2.25. The molecule has 0 amide bonds. The van der Waals surface area contributed by atoms with Gasteiger partial charge in [-0.05, 0) is 40.0 Å². The molecule has 1 aromatic heterocycles. The fourth-order valence-corrected chi connectivity index (χ4v) is 2.73. The molecule has 1 N–H and O–H groups in total. The molecule has 0 spiro atoms. The van der Waals surface area contributed by atoms with E-state index in [1.807, 2.05) is 24.9 Å². The smallest absolute Gasteiger partial charge is 0.0750 e. The largest absolute Gasteiger partial charge is 0.375 e. The Kier molecular flexibility index (Phi) is 4.07. The molecule has 1 unspecified atom stereocenters. The van der Waals surface area contributed by atoms with Crippen molar-refractivity contribution in [3.8, 4) is 0 Å². The third kappa shape index (κ3) is 2.93.